The molecule has 4 aromatic heterocycles. The lowest BCUT2D eigenvalue weighted by Crippen LogP contribution is -2.00. The van der Waals surface area contributed by atoms with E-state index in [0.717, 1.165) is 66.6 Å². The Bertz CT molecular complexity index is 3150. The fourth-order valence-corrected chi connectivity index (χ4v) is 9.05. The highest BCUT2D eigenvalue weighted by Crippen LogP contribution is 2.42. The van der Waals surface area contributed by atoms with Crippen LogP contribution in [0.2, 0.25) is 0 Å². The first-order valence-electron chi connectivity index (χ1n) is 17.2. The van der Waals surface area contributed by atoms with Crippen molar-refractivity contribution in [1.82, 2.24) is 9.55 Å². The van der Waals surface area contributed by atoms with Crippen molar-refractivity contribution in [3.05, 3.63) is 170 Å². The van der Waals surface area contributed by atoms with Crippen LogP contribution in [0.15, 0.2) is 174 Å². The largest absolute Gasteiger partial charge is 0.456 e. The molecule has 0 aliphatic rings. The summed E-state index contributed by atoms with van der Waals surface area (Å²) in [5.41, 5.74) is 10.7. The van der Waals surface area contributed by atoms with Gasteiger partial charge in [-0.05, 0) is 70.8 Å². The van der Waals surface area contributed by atoms with Crippen LogP contribution in [0.4, 0.5) is 0 Å². The molecule has 3 nitrogen and oxygen atoms in total. The maximum Gasteiger partial charge on any atom is 0.138 e. The minimum atomic E-state index is 0.879. The van der Waals surface area contributed by atoms with Crippen LogP contribution in [-0.2, 0) is 0 Å². The second kappa shape index (κ2) is 11.0. The van der Waals surface area contributed by atoms with Gasteiger partial charge in [-0.2, -0.15) is 0 Å². The summed E-state index contributed by atoms with van der Waals surface area (Å²) in [5.74, 6) is 0.879. The lowest BCUT2D eigenvalue weighted by atomic mass is 9.98. The lowest BCUT2D eigenvalue weighted by molar-refractivity contribution is 0.669. The average molecular weight is 669 g/mol. The maximum atomic E-state index is 6.37. The van der Waals surface area contributed by atoms with Crippen LogP contribution in [-0.4, -0.2) is 9.55 Å². The van der Waals surface area contributed by atoms with Crippen LogP contribution in [0.25, 0.3) is 103 Å². The topological polar surface area (TPSA) is 31.0 Å². The van der Waals surface area contributed by atoms with E-state index >= 15 is 0 Å². The van der Waals surface area contributed by atoms with Crippen molar-refractivity contribution in [1.29, 1.82) is 0 Å². The molecule has 0 aliphatic carbocycles. The molecule has 11 rings (SSSR count). The van der Waals surface area contributed by atoms with Gasteiger partial charge in [-0.15, -0.1) is 11.3 Å². The summed E-state index contributed by atoms with van der Waals surface area (Å²) in [7, 11) is 0. The minimum absolute atomic E-state index is 0.879. The number of thiophene rings is 1. The van der Waals surface area contributed by atoms with Crippen LogP contribution in [0.5, 0.6) is 0 Å². The monoisotopic (exact) mass is 668 g/mol. The first kappa shape index (κ1) is 28.4. The molecule has 7 aromatic carbocycles. The quantitative estimate of drug-likeness (QED) is 0.187. The summed E-state index contributed by atoms with van der Waals surface area (Å²) in [6, 6.07) is 60.7. The molecule has 51 heavy (non-hydrogen) atoms. The molecule has 11 aromatic rings. The fraction of sp³-hybridized carbons (Fsp3) is 0. The van der Waals surface area contributed by atoms with Crippen molar-refractivity contribution in [3.8, 4) is 39.3 Å². The van der Waals surface area contributed by atoms with Gasteiger partial charge in [0.15, 0.2) is 0 Å². The molecular weight excluding hydrogens is 641 g/mol. The Morgan fingerprint density at radius 3 is 2.04 bits per heavy atom. The molecule has 0 atom stereocenters. The van der Waals surface area contributed by atoms with Gasteiger partial charge in [-0.1, -0.05) is 121 Å². The molecule has 0 amide bonds. The molecule has 0 aliphatic heterocycles. The smallest absolute Gasteiger partial charge is 0.138 e. The van der Waals surface area contributed by atoms with Crippen LogP contribution >= 0.6 is 11.3 Å². The Morgan fingerprint density at radius 2 is 1.14 bits per heavy atom. The predicted molar refractivity (Wildman–Crippen MR) is 215 cm³/mol. The van der Waals surface area contributed by atoms with Crippen LogP contribution in [0.1, 0.15) is 0 Å². The molecule has 0 bridgehead atoms. The fourth-order valence-electron chi connectivity index (χ4n) is 7.83. The standard InChI is InChI=1S/C47H28N2OS/c1-2-12-29(13-3-1)30-14-10-15-31(24-30)32-25-40(37-20-11-19-36-35-18-6-9-23-45(35)51-47(36)37)48-46(26-32)49-41-21-7-4-16-33(41)38-28-44-39(27-42(38)49)34-17-5-8-22-43(34)50-44/h1-28H. The van der Waals surface area contributed by atoms with E-state index in [9.17, 15) is 0 Å². The van der Waals surface area contributed by atoms with Gasteiger partial charge in [0.05, 0.1) is 16.7 Å². The Morgan fingerprint density at radius 1 is 0.431 bits per heavy atom. The number of fused-ring (bicyclic) bond motifs is 9. The number of hydrogen-bond acceptors (Lipinski definition) is 3. The summed E-state index contributed by atoms with van der Waals surface area (Å²) < 4.78 is 11.2. The van der Waals surface area contributed by atoms with E-state index in [2.05, 4.69) is 162 Å². The van der Waals surface area contributed by atoms with Gasteiger partial charge in [-0.25, -0.2) is 4.98 Å². The van der Waals surface area contributed by atoms with Crippen LogP contribution in [0.3, 0.4) is 0 Å². The van der Waals surface area contributed by atoms with Gasteiger partial charge in [0, 0.05) is 47.3 Å². The molecule has 0 saturated heterocycles. The number of rotatable bonds is 4. The predicted octanol–water partition coefficient (Wildman–Crippen LogP) is 13.4. The molecule has 4 heteroatoms. The second-order valence-corrected chi connectivity index (χ2v) is 14.2. The SMILES string of the molecule is c1ccc(-c2cccc(-c3cc(-c4cccc5c4sc4ccccc45)nc(-n4c5ccccc5c5cc6oc7ccccc7c6cc54)c3)c2)cc1. The summed E-state index contributed by atoms with van der Waals surface area (Å²) >= 11 is 1.84. The van der Waals surface area contributed by atoms with Crippen molar-refractivity contribution in [2.75, 3.05) is 0 Å². The third-order valence-electron chi connectivity index (χ3n) is 10.2. The summed E-state index contributed by atoms with van der Waals surface area (Å²) in [6.45, 7) is 0. The van der Waals surface area contributed by atoms with Gasteiger partial charge in [0.1, 0.15) is 17.0 Å². The molecule has 0 saturated carbocycles. The Hall–Kier alpha value is -6.49. The van der Waals surface area contributed by atoms with Crippen LogP contribution < -0.4 is 0 Å². The number of pyridine rings is 1. The average Bonchev–Trinajstić information content (AvgIpc) is 3.86. The Labute approximate surface area is 297 Å². The van der Waals surface area contributed by atoms with Gasteiger partial charge < -0.3 is 4.42 Å². The summed E-state index contributed by atoms with van der Waals surface area (Å²) in [5, 5.41) is 7.07. The molecule has 238 valence electrons. The number of hydrogen-bond donors (Lipinski definition) is 0. The van der Waals surface area contributed by atoms with Gasteiger partial charge >= 0.3 is 0 Å². The zero-order valence-electron chi connectivity index (χ0n) is 27.4. The first-order chi connectivity index (χ1) is 25.3. The highest BCUT2D eigenvalue weighted by atomic mass is 32.1. The summed E-state index contributed by atoms with van der Waals surface area (Å²) in [4.78, 5) is 5.55. The molecule has 0 fully saturated rings. The number of para-hydroxylation sites is 2. The number of furan rings is 1. The van der Waals surface area contributed by atoms with Crippen molar-refractivity contribution < 1.29 is 4.42 Å². The maximum absolute atomic E-state index is 6.37. The second-order valence-electron chi connectivity index (χ2n) is 13.1. The van der Waals surface area contributed by atoms with E-state index in [0.29, 0.717) is 0 Å². The molecule has 0 spiro atoms. The van der Waals surface area contributed by atoms with E-state index in [1.165, 1.54) is 36.7 Å². The molecular formula is C47H28N2OS. The number of benzene rings is 7. The molecule has 0 unspecified atom stereocenters. The molecule has 0 N–H and O–H groups in total. The van der Waals surface area contributed by atoms with Crippen molar-refractivity contribution >= 4 is 75.3 Å². The van der Waals surface area contributed by atoms with Gasteiger partial charge in [0.25, 0.3) is 0 Å². The zero-order valence-corrected chi connectivity index (χ0v) is 28.2. The van der Waals surface area contributed by atoms with E-state index in [-0.39, 0.29) is 0 Å². The highest BCUT2D eigenvalue weighted by Gasteiger charge is 2.20. The number of aromatic nitrogens is 2. The number of nitrogens with zero attached hydrogens (tertiary/aromatic N) is 2. The Kier molecular flexibility index (Phi) is 6.12. The van der Waals surface area contributed by atoms with Gasteiger partial charge in [0.2, 0.25) is 0 Å². The van der Waals surface area contributed by atoms with E-state index in [1.807, 2.05) is 23.5 Å². The summed E-state index contributed by atoms with van der Waals surface area (Å²) in [6.07, 6.45) is 0. The molecule has 0 radical (unpaired) electrons. The zero-order chi connectivity index (χ0) is 33.5. The lowest BCUT2D eigenvalue weighted by Gasteiger charge is -2.14. The van der Waals surface area contributed by atoms with E-state index < -0.39 is 0 Å². The third-order valence-corrected chi connectivity index (χ3v) is 11.4. The normalized spacial score (nSPS) is 11.9. The Balaban J connectivity index is 1.22. The highest BCUT2D eigenvalue weighted by molar-refractivity contribution is 7.26. The van der Waals surface area contributed by atoms with Gasteiger partial charge in [-0.3, -0.25) is 4.57 Å². The third kappa shape index (κ3) is 4.40. The van der Waals surface area contributed by atoms with Crippen molar-refractivity contribution in [2.45, 2.75) is 0 Å². The van der Waals surface area contributed by atoms with Crippen molar-refractivity contribution in [2.24, 2.45) is 0 Å². The minimum Gasteiger partial charge on any atom is -0.456 e. The van der Waals surface area contributed by atoms with E-state index in [1.54, 1.807) is 0 Å². The molecule has 4 heterocycles. The first-order valence-corrected chi connectivity index (χ1v) is 18.0. The van der Waals surface area contributed by atoms with Crippen LogP contribution in [0, 0.1) is 0 Å². The van der Waals surface area contributed by atoms with Crippen molar-refractivity contribution in [3.63, 3.8) is 0 Å². The van der Waals surface area contributed by atoms with E-state index in [4.69, 9.17) is 9.40 Å².